The van der Waals surface area contributed by atoms with Crippen LogP contribution in [0.2, 0.25) is 0 Å². The van der Waals surface area contributed by atoms with Gasteiger partial charge in [-0.15, -0.1) is 0 Å². The van der Waals surface area contributed by atoms with Gasteiger partial charge in [-0.2, -0.15) is 8.42 Å². The molecule has 0 atom stereocenters. The zero-order valence-corrected chi connectivity index (χ0v) is 14.8. The number of sulfonamides is 1. The number of rotatable bonds is 4. The summed E-state index contributed by atoms with van der Waals surface area (Å²) in [7, 11) is -4.17. The number of benzene rings is 1. The number of hydrogen-bond donors (Lipinski definition) is 3. The molecule has 0 fully saturated rings. The molecule has 1 aromatic carbocycles. The number of urea groups is 1. The molecular weight excluding hydrogens is 344 g/mol. The first kappa shape index (κ1) is 17.5. The third-order valence-corrected chi connectivity index (χ3v) is 5.37. The Kier molecular flexibility index (Phi) is 4.34. The van der Waals surface area contributed by atoms with Crippen molar-refractivity contribution in [2.45, 2.75) is 43.8 Å². The smallest absolute Gasteiger partial charge is 0.333 e. The van der Waals surface area contributed by atoms with E-state index in [0.717, 1.165) is 31.1 Å². The summed E-state index contributed by atoms with van der Waals surface area (Å²) in [6, 6.07) is 5.91. The van der Waals surface area contributed by atoms with Gasteiger partial charge in [0.2, 0.25) is 5.09 Å². The molecule has 0 bridgehead atoms. The Hall–Kier alpha value is -2.32. The second kappa shape index (κ2) is 6.20. The highest BCUT2D eigenvalue weighted by atomic mass is 32.2. The lowest BCUT2D eigenvalue weighted by molar-refractivity contribution is 0.0779. The molecule has 0 aliphatic heterocycles. The summed E-state index contributed by atoms with van der Waals surface area (Å²) in [5.74, 6) is 0. The monoisotopic (exact) mass is 364 g/mol. The van der Waals surface area contributed by atoms with Gasteiger partial charge in [-0.05, 0) is 50.3 Å². The maximum Gasteiger partial charge on any atom is 0.333 e. The van der Waals surface area contributed by atoms with Crippen molar-refractivity contribution in [1.82, 2.24) is 4.72 Å². The Morgan fingerprint density at radius 1 is 1.28 bits per heavy atom. The minimum absolute atomic E-state index is 0.300. The highest BCUT2D eigenvalue weighted by molar-refractivity contribution is 7.89. The van der Waals surface area contributed by atoms with Crippen molar-refractivity contribution in [2.24, 2.45) is 0 Å². The Bertz CT molecular complexity index is 909. The van der Waals surface area contributed by atoms with Crippen LogP contribution in [-0.4, -0.2) is 19.6 Å². The van der Waals surface area contributed by atoms with Crippen molar-refractivity contribution in [1.29, 1.82) is 0 Å². The summed E-state index contributed by atoms with van der Waals surface area (Å²) in [6.07, 6.45) is 3.97. The SMILES string of the molecule is CC(C)(O)c1coc(S(=O)(=O)NC(=O)Nc2cccc3c2CCC3)c1. The number of carbonyl (C=O) groups is 1. The lowest BCUT2D eigenvalue weighted by Gasteiger charge is -2.13. The molecule has 0 unspecified atom stereocenters. The van der Waals surface area contributed by atoms with E-state index in [4.69, 9.17) is 4.42 Å². The second-order valence-electron chi connectivity index (χ2n) is 6.57. The van der Waals surface area contributed by atoms with Gasteiger partial charge in [-0.1, -0.05) is 12.1 Å². The first-order valence-electron chi connectivity index (χ1n) is 7.93. The average molecular weight is 364 g/mol. The summed E-state index contributed by atoms with van der Waals surface area (Å²) in [5, 5.41) is 12.0. The number of anilines is 1. The van der Waals surface area contributed by atoms with Gasteiger partial charge >= 0.3 is 6.03 Å². The van der Waals surface area contributed by atoms with Gasteiger partial charge in [0.25, 0.3) is 10.0 Å². The summed E-state index contributed by atoms with van der Waals surface area (Å²) >= 11 is 0. The number of nitrogens with one attached hydrogen (secondary N) is 2. The van der Waals surface area contributed by atoms with Crippen molar-refractivity contribution >= 4 is 21.7 Å². The van der Waals surface area contributed by atoms with Crippen LogP contribution in [0.25, 0.3) is 0 Å². The summed E-state index contributed by atoms with van der Waals surface area (Å²) < 4.78 is 31.4. The van der Waals surface area contributed by atoms with Crippen LogP contribution in [0, 0.1) is 0 Å². The third kappa shape index (κ3) is 3.69. The molecule has 1 aliphatic rings. The zero-order chi connectivity index (χ0) is 18.2. The fourth-order valence-electron chi connectivity index (χ4n) is 2.84. The van der Waals surface area contributed by atoms with Crippen LogP contribution < -0.4 is 10.0 Å². The lowest BCUT2D eigenvalue weighted by atomic mass is 10.0. The van der Waals surface area contributed by atoms with Gasteiger partial charge in [-0.3, -0.25) is 0 Å². The predicted octanol–water partition coefficient (Wildman–Crippen LogP) is 2.51. The molecule has 8 heteroatoms. The number of hydrogen-bond acceptors (Lipinski definition) is 5. The quantitative estimate of drug-likeness (QED) is 0.772. The van der Waals surface area contributed by atoms with Crippen LogP contribution in [0.4, 0.5) is 10.5 Å². The van der Waals surface area contributed by atoms with E-state index < -0.39 is 26.7 Å². The molecule has 1 heterocycles. The van der Waals surface area contributed by atoms with E-state index in [9.17, 15) is 18.3 Å². The van der Waals surface area contributed by atoms with Gasteiger partial charge in [0.05, 0.1) is 11.9 Å². The van der Waals surface area contributed by atoms with E-state index in [1.54, 1.807) is 6.07 Å². The molecule has 0 radical (unpaired) electrons. The summed E-state index contributed by atoms with van der Waals surface area (Å²) in [5.41, 5.74) is 1.87. The Balaban J connectivity index is 1.74. The number of aryl methyl sites for hydroxylation is 1. The molecule has 25 heavy (non-hydrogen) atoms. The van der Waals surface area contributed by atoms with E-state index >= 15 is 0 Å². The van der Waals surface area contributed by atoms with Crippen LogP contribution in [0.5, 0.6) is 0 Å². The molecule has 7 nitrogen and oxygen atoms in total. The Morgan fingerprint density at radius 3 is 2.72 bits per heavy atom. The standard InChI is InChI=1S/C17H20N2O5S/c1-17(2,21)12-9-15(24-10-12)25(22,23)19-16(20)18-14-8-4-6-11-5-3-7-13(11)14/h4,6,8-10,21H,3,5,7H2,1-2H3,(H2,18,19,20). The molecule has 2 amide bonds. The van der Waals surface area contributed by atoms with Crippen LogP contribution in [0.1, 0.15) is 37.0 Å². The normalized spacial score (nSPS) is 14.2. The van der Waals surface area contributed by atoms with Crippen LogP contribution >= 0.6 is 0 Å². The number of furan rings is 1. The van der Waals surface area contributed by atoms with E-state index in [1.165, 1.54) is 25.5 Å². The number of amides is 2. The molecule has 0 saturated heterocycles. The molecule has 134 valence electrons. The topological polar surface area (TPSA) is 109 Å². The van der Waals surface area contributed by atoms with Crippen molar-refractivity contribution in [3.63, 3.8) is 0 Å². The minimum Gasteiger partial charge on any atom is -0.451 e. The van der Waals surface area contributed by atoms with Crippen LogP contribution in [0.3, 0.4) is 0 Å². The molecule has 1 aromatic heterocycles. The minimum atomic E-state index is -4.17. The first-order valence-corrected chi connectivity index (χ1v) is 9.41. The van der Waals surface area contributed by atoms with Crippen LogP contribution in [-0.2, 0) is 28.5 Å². The molecule has 3 N–H and O–H groups in total. The van der Waals surface area contributed by atoms with Crippen LogP contribution in [0.15, 0.2) is 40.0 Å². The van der Waals surface area contributed by atoms with Gasteiger partial charge < -0.3 is 14.8 Å². The third-order valence-electron chi connectivity index (χ3n) is 4.17. The van der Waals surface area contributed by atoms with E-state index in [2.05, 4.69) is 5.32 Å². The Labute approximate surface area is 146 Å². The molecule has 0 spiro atoms. The van der Waals surface area contributed by atoms with E-state index in [0.29, 0.717) is 11.3 Å². The molecule has 1 aliphatic carbocycles. The largest absolute Gasteiger partial charge is 0.451 e. The fourth-order valence-corrected chi connectivity index (χ4v) is 3.69. The molecule has 2 aromatic rings. The summed E-state index contributed by atoms with van der Waals surface area (Å²) in [6.45, 7) is 3.01. The van der Waals surface area contributed by atoms with Crippen molar-refractivity contribution in [3.05, 3.63) is 47.2 Å². The fraction of sp³-hybridized carbons (Fsp3) is 0.353. The maximum atomic E-state index is 12.3. The average Bonchev–Trinajstić information content (AvgIpc) is 3.16. The highest BCUT2D eigenvalue weighted by Crippen LogP contribution is 2.29. The van der Waals surface area contributed by atoms with Gasteiger partial charge in [0, 0.05) is 17.3 Å². The summed E-state index contributed by atoms with van der Waals surface area (Å²) in [4.78, 5) is 12.1. The van der Waals surface area contributed by atoms with Crippen molar-refractivity contribution < 1.29 is 22.7 Å². The van der Waals surface area contributed by atoms with Crippen molar-refractivity contribution in [2.75, 3.05) is 5.32 Å². The predicted molar refractivity (Wildman–Crippen MR) is 91.8 cm³/mol. The maximum absolute atomic E-state index is 12.3. The molecular formula is C17H20N2O5S. The molecule has 3 rings (SSSR count). The van der Waals surface area contributed by atoms with Gasteiger partial charge in [0.15, 0.2) is 0 Å². The Morgan fingerprint density at radius 2 is 2.04 bits per heavy atom. The first-order chi connectivity index (χ1) is 11.7. The van der Waals surface area contributed by atoms with Gasteiger partial charge in [-0.25, -0.2) is 9.52 Å². The van der Waals surface area contributed by atoms with Crippen molar-refractivity contribution in [3.8, 4) is 0 Å². The van der Waals surface area contributed by atoms with E-state index in [1.807, 2.05) is 16.9 Å². The zero-order valence-electron chi connectivity index (χ0n) is 14.0. The number of fused-ring (bicyclic) bond motifs is 1. The second-order valence-corrected chi connectivity index (χ2v) is 8.18. The number of aliphatic hydroxyl groups is 1. The van der Waals surface area contributed by atoms with E-state index in [-0.39, 0.29) is 0 Å². The van der Waals surface area contributed by atoms with Gasteiger partial charge in [0.1, 0.15) is 0 Å². The highest BCUT2D eigenvalue weighted by Gasteiger charge is 2.26. The lowest BCUT2D eigenvalue weighted by Crippen LogP contribution is -2.34. The number of carbonyl (C=O) groups excluding carboxylic acids is 1. The molecule has 0 saturated carbocycles.